The summed E-state index contributed by atoms with van der Waals surface area (Å²) in [6, 6.07) is 0. The molecule has 0 aromatic carbocycles. The smallest absolute Gasteiger partial charge is 0.227 e. The average Bonchev–Trinajstić information content (AvgIpc) is 2.51. The molecule has 0 bridgehead atoms. The van der Waals surface area contributed by atoms with Crippen molar-refractivity contribution in [3.05, 3.63) is 10.2 Å². The fraction of sp³-hybridized carbons (Fsp3) is 0.692. The average molecular weight is 342 g/mol. The lowest BCUT2D eigenvalue weighted by Crippen LogP contribution is -2.44. The number of nitrogens with one attached hydrogen (secondary N) is 1. The third kappa shape index (κ3) is 2.89. The Labute approximate surface area is 127 Å². The van der Waals surface area contributed by atoms with Gasteiger partial charge in [0, 0.05) is 39.3 Å². The molecule has 1 aromatic rings. The molecule has 0 amide bonds. The normalized spacial score (nSPS) is 20.3. The molecular formula is C13H20BrN5O. The highest BCUT2D eigenvalue weighted by molar-refractivity contribution is 9.10. The Morgan fingerprint density at radius 2 is 1.75 bits per heavy atom. The van der Waals surface area contributed by atoms with E-state index in [1.54, 1.807) is 0 Å². The van der Waals surface area contributed by atoms with Crippen molar-refractivity contribution in [2.45, 2.75) is 6.92 Å². The number of hydrogen-bond donors (Lipinski definition) is 1. The molecule has 6 nitrogen and oxygen atoms in total. The molecule has 1 N–H and O–H groups in total. The lowest BCUT2D eigenvalue weighted by atomic mass is 10.3. The lowest BCUT2D eigenvalue weighted by molar-refractivity contribution is 0.122. The Balaban J connectivity index is 1.89. The first-order valence-corrected chi connectivity index (χ1v) is 7.87. The summed E-state index contributed by atoms with van der Waals surface area (Å²) in [7, 11) is 0. The van der Waals surface area contributed by atoms with Crippen molar-refractivity contribution in [1.82, 2.24) is 15.3 Å². The number of ether oxygens (including phenoxy) is 1. The highest BCUT2D eigenvalue weighted by atomic mass is 79.9. The molecule has 2 saturated heterocycles. The van der Waals surface area contributed by atoms with Crippen molar-refractivity contribution in [1.29, 1.82) is 0 Å². The Bertz CT molecular complexity index is 472. The van der Waals surface area contributed by atoms with Gasteiger partial charge >= 0.3 is 0 Å². The molecule has 20 heavy (non-hydrogen) atoms. The maximum Gasteiger partial charge on any atom is 0.227 e. The van der Waals surface area contributed by atoms with E-state index in [1.165, 1.54) is 0 Å². The van der Waals surface area contributed by atoms with Gasteiger partial charge in [-0.2, -0.15) is 4.98 Å². The molecule has 1 aromatic heterocycles. The van der Waals surface area contributed by atoms with Crippen molar-refractivity contribution < 1.29 is 4.74 Å². The summed E-state index contributed by atoms with van der Waals surface area (Å²) in [6.45, 7) is 9.23. The van der Waals surface area contributed by atoms with Crippen LogP contribution in [0.2, 0.25) is 0 Å². The third-order valence-corrected chi connectivity index (χ3v) is 4.63. The van der Waals surface area contributed by atoms with Crippen LogP contribution in [0.4, 0.5) is 11.8 Å². The van der Waals surface area contributed by atoms with Crippen LogP contribution in [0.5, 0.6) is 0 Å². The van der Waals surface area contributed by atoms with Gasteiger partial charge in [0.15, 0.2) is 0 Å². The molecule has 3 rings (SSSR count). The highest BCUT2D eigenvalue weighted by Gasteiger charge is 2.21. The van der Waals surface area contributed by atoms with Crippen molar-refractivity contribution >= 4 is 27.7 Å². The fourth-order valence-electron chi connectivity index (χ4n) is 2.52. The van der Waals surface area contributed by atoms with E-state index < -0.39 is 0 Å². The van der Waals surface area contributed by atoms with Gasteiger partial charge < -0.3 is 19.9 Å². The quantitative estimate of drug-likeness (QED) is 0.858. The van der Waals surface area contributed by atoms with Gasteiger partial charge in [0.1, 0.15) is 5.82 Å². The molecule has 3 heterocycles. The monoisotopic (exact) mass is 341 g/mol. The SMILES string of the molecule is Cc1nc(N2CCNCC2)nc(N2CCOCC2)c1Br. The van der Waals surface area contributed by atoms with Gasteiger partial charge in [0.2, 0.25) is 5.95 Å². The molecular weight excluding hydrogens is 322 g/mol. The lowest BCUT2D eigenvalue weighted by Gasteiger charge is -2.31. The zero-order valence-electron chi connectivity index (χ0n) is 11.7. The van der Waals surface area contributed by atoms with E-state index in [1.807, 2.05) is 6.92 Å². The van der Waals surface area contributed by atoms with Crippen LogP contribution in [0.15, 0.2) is 4.47 Å². The first-order chi connectivity index (χ1) is 9.75. The minimum absolute atomic E-state index is 0.762. The Morgan fingerprint density at radius 1 is 1.05 bits per heavy atom. The van der Waals surface area contributed by atoms with Gasteiger partial charge in [-0.25, -0.2) is 4.98 Å². The second-order valence-corrected chi connectivity index (χ2v) is 5.88. The van der Waals surface area contributed by atoms with Crippen LogP contribution in [-0.4, -0.2) is 62.5 Å². The largest absolute Gasteiger partial charge is 0.378 e. The highest BCUT2D eigenvalue weighted by Crippen LogP contribution is 2.29. The number of anilines is 2. The van der Waals surface area contributed by atoms with Crippen molar-refractivity contribution in [2.24, 2.45) is 0 Å². The Kier molecular flexibility index (Phi) is 4.38. The summed E-state index contributed by atoms with van der Waals surface area (Å²) in [5, 5.41) is 3.36. The molecule has 0 saturated carbocycles. The summed E-state index contributed by atoms with van der Waals surface area (Å²) in [5.41, 5.74) is 0.995. The van der Waals surface area contributed by atoms with Crippen LogP contribution in [0.3, 0.4) is 0 Å². The van der Waals surface area contributed by atoms with Crippen molar-refractivity contribution in [3.63, 3.8) is 0 Å². The van der Waals surface area contributed by atoms with Gasteiger partial charge in [-0.15, -0.1) is 0 Å². The van der Waals surface area contributed by atoms with Crippen LogP contribution in [0, 0.1) is 6.92 Å². The predicted octanol–water partition coefficient (Wildman–Crippen LogP) is 0.794. The van der Waals surface area contributed by atoms with Crippen LogP contribution < -0.4 is 15.1 Å². The molecule has 2 aliphatic heterocycles. The summed E-state index contributed by atoms with van der Waals surface area (Å²) in [4.78, 5) is 13.9. The van der Waals surface area contributed by atoms with Crippen molar-refractivity contribution in [3.8, 4) is 0 Å². The van der Waals surface area contributed by atoms with Gasteiger partial charge in [0.05, 0.1) is 23.4 Å². The van der Waals surface area contributed by atoms with E-state index in [2.05, 4.69) is 36.0 Å². The molecule has 0 radical (unpaired) electrons. The van der Waals surface area contributed by atoms with E-state index in [0.29, 0.717) is 0 Å². The maximum atomic E-state index is 5.42. The molecule has 7 heteroatoms. The van der Waals surface area contributed by atoms with Gasteiger partial charge in [0.25, 0.3) is 0 Å². The topological polar surface area (TPSA) is 53.5 Å². The Hall–Kier alpha value is -0.920. The third-order valence-electron chi connectivity index (χ3n) is 3.70. The van der Waals surface area contributed by atoms with E-state index in [4.69, 9.17) is 9.72 Å². The molecule has 0 atom stereocenters. The molecule has 0 unspecified atom stereocenters. The summed E-state index contributed by atoms with van der Waals surface area (Å²) in [5.74, 6) is 1.84. The summed E-state index contributed by atoms with van der Waals surface area (Å²) in [6.07, 6.45) is 0. The number of piperazine rings is 1. The first kappa shape index (κ1) is 14.0. The Morgan fingerprint density at radius 3 is 2.45 bits per heavy atom. The van der Waals surface area contributed by atoms with Crippen LogP contribution in [0.1, 0.15) is 5.69 Å². The number of aryl methyl sites for hydroxylation is 1. The second-order valence-electron chi connectivity index (χ2n) is 5.08. The number of morpholine rings is 1. The van der Waals surface area contributed by atoms with Crippen LogP contribution >= 0.6 is 15.9 Å². The van der Waals surface area contributed by atoms with Gasteiger partial charge in [-0.1, -0.05) is 0 Å². The van der Waals surface area contributed by atoms with E-state index in [-0.39, 0.29) is 0 Å². The molecule has 110 valence electrons. The molecule has 2 fully saturated rings. The zero-order chi connectivity index (χ0) is 13.9. The minimum Gasteiger partial charge on any atom is -0.378 e. The standard InChI is InChI=1S/C13H20BrN5O/c1-10-11(14)12(18-6-8-20-9-7-18)17-13(16-10)19-4-2-15-3-5-19/h15H,2-9H2,1H3. The van der Waals surface area contributed by atoms with Crippen LogP contribution in [-0.2, 0) is 4.74 Å². The number of aromatic nitrogens is 2. The summed E-state index contributed by atoms with van der Waals surface area (Å²) < 4.78 is 6.42. The zero-order valence-corrected chi connectivity index (χ0v) is 13.3. The number of rotatable bonds is 2. The minimum atomic E-state index is 0.762. The van der Waals surface area contributed by atoms with E-state index >= 15 is 0 Å². The molecule has 2 aliphatic rings. The van der Waals surface area contributed by atoms with E-state index in [0.717, 1.165) is 74.4 Å². The molecule has 0 aliphatic carbocycles. The van der Waals surface area contributed by atoms with Gasteiger partial charge in [-0.05, 0) is 22.9 Å². The number of hydrogen-bond acceptors (Lipinski definition) is 6. The van der Waals surface area contributed by atoms with Crippen molar-refractivity contribution in [2.75, 3.05) is 62.3 Å². The van der Waals surface area contributed by atoms with E-state index in [9.17, 15) is 0 Å². The maximum absolute atomic E-state index is 5.42. The van der Waals surface area contributed by atoms with Crippen LogP contribution in [0.25, 0.3) is 0 Å². The first-order valence-electron chi connectivity index (χ1n) is 7.08. The fourth-order valence-corrected chi connectivity index (χ4v) is 2.95. The molecule has 0 spiro atoms. The predicted molar refractivity (Wildman–Crippen MR) is 82.6 cm³/mol. The second kappa shape index (κ2) is 6.24. The summed E-state index contributed by atoms with van der Waals surface area (Å²) >= 11 is 3.64. The van der Waals surface area contributed by atoms with Gasteiger partial charge in [-0.3, -0.25) is 0 Å². The number of nitrogens with zero attached hydrogens (tertiary/aromatic N) is 4. The number of halogens is 1.